The Kier molecular flexibility index (Phi) is 6.71. The van der Waals surface area contributed by atoms with Crippen molar-refractivity contribution in [1.82, 2.24) is 20.3 Å². The average molecular weight is 463 g/mol. The van der Waals surface area contributed by atoms with Gasteiger partial charge in [-0.2, -0.15) is 0 Å². The SMILES string of the molecule is CNC(=O)c1ccc(NC2CCC(Oc3cc(N4CCOCC4)cc4nccnc34)CC2)cn1. The summed E-state index contributed by atoms with van der Waals surface area (Å²) < 4.78 is 12.0. The molecule has 2 fully saturated rings. The highest BCUT2D eigenvalue weighted by Crippen LogP contribution is 2.33. The average Bonchev–Trinajstić information content (AvgIpc) is 2.90. The van der Waals surface area contributed by atoms with Crippen molar-refractivity contribution in [3.8, 4) is 5.75 Å². The van der Waals surface area contributed by atoms with E-state index in [9.17, 15) is 4.79 Å². The van der Waals surface area contributed by atoms with Crippen molar-refractivity contribution < 1.29 is 14.3 Å². The lowest BCUT2D eigenvalue weighted by Gasteiger charge is -2.31. The Morgan fingerprint density at radius 2 is 1.85 bits per heavy atom. The van der Waals surface area contributed by atoms with Crippen LogP contribution in [0.3, 0.4) is 0 Å². The summed E-state index contributed by atoms with van der Waals surface area (Å²) in [7, 11) is 1.60. The number of pyridine rings is 1. The Hall–Kier alpha value is -3.46. The largest absolute Gasteiger partial charge is 0.488 e. The number of rotatable bonds is 6. The molecule has 9 heteroatoms. The summed E-state index contributed by atoms with van der Waals surface area (Å²) in [4.78, 5) is 27.3. The fourth-order valence-electron chi connectivity index (χ4n) is 4.60. The van der Waals surface area contributed by atoms with Crippen LogP contribution in [-0.4, -0.2) is 66.4 Å². The number of fused-ring (bicyclic) bond motifs is 1. The highest BCUT2D eigenvalue weighted by molar-refractivity contribution is 5.92. The fourth-order valence-corrected chi connectivity index (χ4v) is 4.60. The number of hydrogen-bond donors (Lipinski definition) is 2. The van der Waals surface area contributed by atoms with Gasteiger partial charge in [0.15, 0.2) is 0 Å². The van der Waals surface area contributed by atoms with Crippen molar-refractivity contribution in [2.75, 3.05) is 43.6 Å². The van der Waals surface area contributed by atoms with Gasteiger partial charge in [0.2, 0.25) is 0 Å². The summed E-state index contributed by atoms with van der Waals surface area (Å²) in [6.07, 6.45) is 9.18. The topological polar surface area (TPSA) is 102 Å². The molecule has 0 spiro atoms. The first-order valence-corrected chi connectivity index (χ1v) is 11.9. The van der Waals surface area contributed by atoms with Crippen LogP contribution in [-0.2, 0) is 4.74 Å². The van der Waals surface area contributed by atoms with Gasteiger partial charge in [0, 0.05) is 50.3 Å². The van der Waals surface area contributed by atoms with Gasteiger partial charge in [0.05, 0.1) is 36.7 Å². The number of carbonyl (C=O) groups excluding carboxylic acids is 1. The summed E-state index contributed by atoms with van der Waals surface area (Å²) in [6.45, 7) is 3.19. The monoisotopic (exact) mass is 462 g/mol. The second kappa shape index (κ2) is 10.2. The molecule has 178 valence electrons. The minimum atomic E-state index is -0.181. The van der Waals surface area contributed by atoms with Crippen LogP contribution in [0.4, 0.5) is 11.4 Å². The van der Waals surface area contributed by atoms with Gasteiger partial charge in [0.25, 0.3) is 5.91 Å². The van der Waals surface area contributed by atoms with E-state index in [1.165, 1.54) is 0 Å². The van der Waals surface area contributed by atoms with E-state index >= 15 is 0 Å². The molecule has 2 N–H and O–H groups in total. The molecule has 1 saturated carbocycles. The third-order valence-electron chi connectivity index (χ3n) is 6.46. The van der Waals surface area contributed by atoms with Gasteiger partial charge in [-0.15, -0.1) is 0 Å². The van der Waals surface area contributed by atoms with Crippen molar-refractivity contribution >= 4 is 28.3 Å². The minimum absolute atomic E-state index is 0.136. The number of ether oxygens (including phenoxy) is 2. The smallest absolute Gasteiger partial charge is 0.269 e. The maximum atomic E-state index is 11.7. The molecule has 1 aromatic carbocycles. The molecule has 0 bridgehead atoms. The first-order valence-electron chi connectivity index (χ1n) is 11.9. The standard InChI is InChI=1S/C25H30N6O3/c1-26-25(32)21-7-4-18(16-29-21)30-17-2-5-20(6-3-17)34-23-15-19(31-10-12-33-13-11-31)14-22-24(23)28-9-8-27-22/h4,7-9,14-17,20,30H,2-3,5-6,10-13H2,1H3,(H,26,32). The second-order valence-corrected chi connectivity index (χ2v) is 8.71. The third-order valence-corrected chi connectivity index (χ3v) is 6.46. The number of nitrogens with zero attached hydrogens (tertiary/aromatic N) is 4. The van der Waals surface area contributed by atoms with Crippen LogP contribution >= 0.6 is 0 Å². The van der Waals surface area contributed by atoms with Crippen LogP contribution < -0.4 is 20.3 Å². The predicted molar refractivity (Wildman–Crippen MR) is 130 cm³/mol. The molecule has 0 unspecified atom stereocenters. The van der Waals surface area contributed by atoms with Crippen LogP contribution in [0.1, 0.15) is 36.2 Å². The van der Waals surface area contributed by atoms with E-state index in [4.69, 9.17) is 9.47 Å². The third kappa shape index (κ3) is 5.04. The lowest BCUT2D eigenvalue weighted by molar-refractivity contribution is 0.0958. The quantitative estimate of drug-likeness (QED) is 0.577. The van der Waals surface area contributed by atoms with Gasteiger partial charge in [-0.25, -0.2) is 9.97 Å². The first-order chi connectivity index (χ1) is 16.7. The Bertz CT molecular complexity index is 1130. The summed E-state index contributed by atoms with van der Waals surface area (Å²) in [6, 6.07) is 8.19. The molecule has 1 aliphatic heterocycles. The van der Waals surface area contributed by atoms with Crippen molar-refractivity contribution in [2.45, 2.75) is 37.8 Å². The molecule has 34 heavy (non-hydrogen) atoms. The Morgan fingerprint density at radius 1 is 1.06 bits per heavy atom. The lowest BCUT2D eigenvalue weighted by atomic mass is 9.92. The van der Waals surface area contributed by atoms with Crippen molar-refractivity contribution in [2.24, 2.45) is 0 Å². The first kappa shape index (κ1) is 22.3. The number of morpholine rings is 1. The van der Waals surface area contributed by atoms with E-state index in [1.807, 2.05) is 6.07 Å². The Morgan fingerprint density at radius 3 is 2.59 bits per heavy atom. The summed E-state index contributed by atoms with van der Waals surface area (Å²) in [5.74, 6) is 0.622. The van der Waals surface area contributed by atoms with Gasteiger partial charge in [-0.3, -0.25) is 9.78 Å². The summed E-state index contributed by atoms with van der Waals surface area (Å²) >= 11 is 0. The summed E-state index contributed by atoms with van der Waals surface area (Å²) in [5.41, 5.74) is 4.11. The van der Waals surface area contributed by atoms with Gasteiger partial charge < -0.3 is 25.0 Å². The van der Waals surface area contributed by atoms with Crippen molar-refractivity contribution in [1.29, 1.82) is 0 Å². The molecule has 0 atom stereocenters. The van der Waals surface area contributed by atoms with E-state index in [0.29, 0.717) is 11.7 Å². The van der Waals surface area contributed by atoms with E-state index in [-0.39, 0.29) is 12.0 Å². The molecule has 1 saturated heterocycles. The number of nitrogens with one attached hydrogen (secondary N) is 2. The molecule has 1 aliphatic carbocycles. The number of anilines is 2. The Balaban J connectivity index is 1.23. The van der Waals surface area contributed by atoms with Gasteiger partial charge in [-0.1, -0.05) is 0 Å². The zero-order chi connectivity index (χ0) is 23.3. The van der Waals surface area contributed by atoms with Crippen molar-refractivity contribution in [3.63, 3.8) is 0 Å². The zero-order valence-electron chi connectivity index (χ0n) is 19.4. The highest BCUT2D eigenvalue weighted by Gasteiger charge is 2.24. The molecule has 2 aliphatic rings. The van der Waals surface area contributed by atoms with Crippen molar-refractivity contribution in [3.05, 3.63) is 48.5 Å². The van der Waals surface area contributed by atoms with Crippen LogP contribution in [0.2, 0.25) is 0 Å². The van der Waals surface area contributed by atoms with Gasteiger partial charge in [-0.05, 0) is 43.9 Å². The highest BCUT2D eigenvalue weighted by atomic mass is 16.5. The van der Waals surface area contributed by atoms with Gasteiger partial charge >= 0.3 is 0 Å². The van der Waals surface area contributed by atoms with Gasteiger partial charge in [0.1, 0.15) is 17.0 Å². The van der Waals surface area contributed by atoms with E-state index in [1.54, 1.807) is 31.7 Å². The molecular weight excluding hydrogens is 432 g/mol. The molecule has 1 amide bonds. The minimum Gasteiger partial charge on any atom is -0.488 e. The van der Waals surface area contributed by atoms with E-state index in [2.05, 4.69) is 42.6 Å². The molecule has 9 nitrogen and oxygen atoms in total. The number of amides is 1. The molecule has 0 radical (unpaired) electrons. The second-order valence-electron chi connectivity index (χ2n) is 8.71. The number of carbonyl (C=O) groups is 1. The zero-order valence-corrected chi connectivity index (χ0v) is 19.4. The van der Waals surface area contributed by atoms with E-state index in [0.717, 1.165) is 80.1 Å². The number of hydrogen-bond acceptors (Lipinski definition) is 8. The molecule has 2 aromatic heterocycles. The summed E-state index contributed by atoms with van der Waals surface area (Å²) in [5, 5.41) is 6.13. The van der Waals surface area contributed by atoms with Crippen LogP contribution in [0.5, 0.6) is 5.75 Å². The Labute approximate surface area is 198 Å². The normalized spacial score (nSPS) is 20.7. The number of aromatic nitrogens is 3. The van der Waals surface area contributed by atoms with Crippen LogP contribution in [0.15, 0.2) is 42.9 Å². The fraction of sp³-hybridized carbons (Fsp3) is 0.440. The molecule has 3 heterocycles. The van der Waals surface area contributed by atoms with E-state index < -0.39 is 0 Å². The molecule has 5 rings (SSSR count). The molecule has 3 aromatic rings. The maximum Gasteiger partial charge on any atom is 0.269 e. The molecular formula is C25H30N6O3. The number of benzene rings is 1. The van der Waals surface area contributed by atoms with Crippen LogP contribution in [0, 0.1) is 0 Å². The lowest BCUT2D eigenvalue weighted by Crippen LogP contribution is -2.36. The maximum absolute atomic E-state index is 11.7. The predicted octanol–water partition coefficient (Wildman–Crippen LogP) is 3.02. The van der Waals surface area contributed by atoms with Crippen LogP contribution in [0.25, 0.3) is 11.0 Å².